The first-order valence-electron chi connectivity index (χ1n) is 7.89. The lowest BCUT2D eigenvalue weighted by molar-refractivity contribution is 0.0466. The van der Waals surface area contributed by atoms with Crippen LogP contribution in [0.15, 0.2) is 54.6 Å². The lowest BCUT2D eigenvalue weighted by Gasteiger charge is -2.09. The van der Waals surface area contributed by atoms with Gasteiger partial charge in [-0.3, -0.25) is 0 Å². The Morgan fingerprint density at radius 3 is 2.71 bits per heavy atom. The van der Waals surface area contributed by atoms with E-state index in [2.05, 4.69) is 24.9 Å². The van der Waals surface area contributed by atoms with Crippen LogP contribution in [0.4, 0.5) is 0 Å². The highest BCUT2D eigenvalue weighted by Crippen LogP contribution is 2.22. The lowest BCUT2D eigenvalue weighted by atomic mass is 10.0. The fraction of sp³-hybridized carbons (Fsp3) is 0.200. The number of phenolic OH excluding ortho intramolecular Hbond substituents is 1. The van der Waals surface area contributed by atoms with Gasteiger partial charge in [0, 0.05) is 5.39 Å². The van der Waals surface area contributed by atoms with Crippen molar-refractivity contribution < 1.29 is 14.6 Å². The van der Waals surface area contributed by atoms with E-state index in [1.165, 1.54) is 5.56 Å². The molecule has 1 aromatic heterocycles. The fourth-order valence-corrected chi connectivity index (χ4v) is 2.51. The van der Waals surface area contributed by atoms with Crippen LogP contribution in [0.2, 0.25) is 0 Å². The topological polar surface area (TPSA) is 59.4 Å². The highest BCUT2D eigenvalue weighted by Gasteiger charge is 2.12. The summed E-state index contributed by atoms with van der Waals surface area (Å²) in [6.45, 7) is 4.44. The van der Waals surface area contributed by atoms with Crippen LogP contribution >= 0.6 is 0 Å². The standard InChI is InChI=1S/C20H19NO3/c1-13(2)16-7-3-5-14(11-16)12-24-20(23)17-10-9-15-6-4-8-18(22)19(15)21-17/h3-11,13,22H,12H2,1-2H3. The molecule has 24 heavy (non-hydrogen) atoms. The van der Waals surface area contributed by atoms with Gasteiger partial charge < -0.3 is 9.84 Å². The van der Waals surface area contributed by atoms with Crippen LogP contribution < -0.4 is 0 Å². The first kappa shape index (κ1) is 16.0. The first-order chi connectivity index (χ1) is 11.5. The summed E-state index contributed by atoms with van der Waals surface area (Å²) in [6.07, 6.45) is 0. The molecule has 4 nitrogen and oxygen atoms in total. The second kappa shape index (κ2) is 6.71. The van der Waals surface area contributed by atoms with E-state index in [9.17, 15) is 9.90 Å². The molecule has 3 aromatic rings. The number of carbonyl (C=O) groups excluding carboxylic acids is 1. The van der Waals surface area contributed by atoms with Crippen molar-refractivity contribution in [2.45, 2.75) is 26.4 Å². The molecule has 3 rings (SSSR count). The molecule has 0 bridgehead atoms. The lowest BCUT2D eigenvalue weighted by Crippen LogP contribution is -2.07. The number of pyridine rings is 1. The molecule has 0 saturated carbocycles. The number of benzene rings is 2. The monoisotopic (exact) mass is 321 g/mol. The number of ether oxygens (including phenoxy) is 1. The third-order valence-electron chi connectivity index (χ3n) is 3.90. The zero-order chi connectivity index (χ0) is 17.1. The molecule has 2 aromatic carbocycles. The third-order valence-corrected chi connectivity index (χ3v) is 3.90. The minimum absolute atomic E-state index is 0.0479. The van der Waals surface area contributed by atoms with Crippen molar-refractivity contribution >= 4 is 16.9 Å². The van der Waals surface area contributed by atoms with E-state index in [0.29, 0.717) is 11.4 Å². The Kier molecular flexibility index (Phi) is 4.47. The van der Waals surface area contributed by atoms with Crippen molar-refractivity contribution in [1.82, 2.24) is 4.98 Å². The third kappa shape index (κ3) is 3.38. The van der Waals surface area contributed by atoms with Gasteiger partial charge in [-0.05, 0) is 29.2 Å². The summed E-state index contributed by atoms with van der Waals surface area (Å²) < 4.78 is 5.35. The van der Waals surface area contributed by atoms with Crippen molar-refractivity contribution in [3.05, 3.63) is 71.4 Å². The number of nitrogens with zero attached hydrogens (tertiary/aromatic N) is 1. The van der Waals surface area contributed by atoms with Crippen molar-refractivity contribution in [3.8, 4) is 5.75 Å². The van der Waals surface area contributed by atoms with Crippen molar-refractivity contribution in [3.63, 3.8) is 0 Å². The van der Waals surface area contributed by atoms with Gasteiger partial charge in [0.05, 0.1) is 0 Å². The number of aromatic nitrogens is 1. The van der Waals surface area contributed by atoms with Gasteiger partial charge in [0.25, 0.3) is 0 Å². The van der Waals surface area contributed by atoms with Gasteiger partial charge in [-0.2, -0.15) is 0 Å². The average molecular weight is 321 g/mol. The molecule has 0 aliphatic heterocycles. The number of hydrogen-bond acceptors (Lipinski definition) is 4. The molecule has 4 heteroatoms. The molecule has 0 saturated heterocycles. The van der Waals surface area contributed by atoms with Crippen LogP contribution in [-0.4, -0.2) is 16.1 Å². The van der Waals surface area contributed by atoms with Gasteiger partial charge in [-0.15, -0.1) is 0 Å². The van der Waals surface area contributed by atoms with E-state index in [1.54, 1.807) is 24.3 Å². The van der Waals surface area contributed by atoms with E-state index < -0.39 is 5.97 Å². The van der Waals surface area contributed by atoms with Crippen LogP contribution in [0, 0.1) is 0 Å². The summed E-state index contributed by atoms with van der Waals surface area (Å²) in [6, 6.07) is 16.5. The van der Waals surface area contributed by atoms with Gasteiger partial charge in [-0.25, -0.2) is 9.78 Å². The molecular weight excluding hydrogens is 302 g/mol. The van der Waals surface area contributed by atoms with Gasteiger partial charge >= 0.3 is 5.97 Å². The molecule has 0 fully saturated rings. The molecule has 0 radical (unpaired) electrons. The summed E-state index contributed by atoms with van der Waals surface area (Å²) in [5.74, 6) is -0.0346. The molecule has 0 atom stereocenters. The molecule has 0 amide bonds. The second-order valence-electron chi connectivity index (χ2n) is 6.02. The van der Waals surface area contributed by atoms with Gasteiger partial charge in [0.1, 0.15) is 23.6 Å². The molecule has 0 spiro atoms. The van der Waals surface area contributed by atoms with Crippen molar-refractivity contribution in [2.75, 3.05) is 0 Å². The second-order valence-corrected chi connectivity index (χ2v) is 6.02. The highest BCUT2D eigenvalue weighted by atomic mass is 16.5. The Balaban J connectivity index is 1.75. The Morgan fingerprint density at radius 2 is 1.92 bits per heavy atom. The highest BCUT2D eigenvalue weighted by molar-refractivity contribution is 5.92. The van der Waals surface area contributed by atoms with E-state index in [0.717, 1.165) is 10.9 Å². The van der Waals surface area contributed by atoms with Crippen LogP contribution in [0.3, 0.4) is 0 Å². The van der Waals surface area contributed by atoms with Crippen LogP contribution in [0.1, 0.15) is 41.4 Å². The number of para-hydroxylation sites is 1. The molecule has 1 heterocycles. The Bertz CT molecular complexity index is 887. The maximum Gasteiger partial charge on any atom is 0.357 e. The summed E-state index contributed by atoms with van der Waals surface area (Å²) in [5, 5.41) is 10.6. The molecule has 0 aliphatic carbocycles. The zero-order valence-electron chi connectivity index (χ0n) is 13.7. The van der Waals surface area contributed by atoms with Gasteiger partial charge in [0.2, 0.25) is 0 Å². The minimum Gasteiger partial charge on any atom is -0.506 e. The molecule has 122 valence electrons. The molecule has 0 aliphatic rings. The number of fused-ring (bicyclic) bond motifs is 1. The first-order valence-corrected chi connectivity index (χ1v) is 7.89. The minimum atomic E-state index is -0.505. The number of aromatic hydroxyl groups is 1. The summed E-state index contributed by atoms with van der Waals surface area (Å²) in [7, 11) is 0. The number of rotatable bonds is 4. The van der Waals surface area contributed by atoms with Crippen LogP contribution in [0.5, 0.6) is 5.75 Å². The largest absolute Gasteiger partial charge is 0.506 e. The number of phenols is 1. The smallest absolute Gasteiger partial charge is 0.357 e. The predicted octanol–water partition coefficient (Wildman–Crippen LogP) is 4.42. The van der Waals surface area contributed by atoms with E-state index in [1.807, 2.05) is 24.3 Å². The van der Waals surface area contributed by atoms with Crippen LogP contribution in [-0.2, 0) is 11.3 Å². The quantitative estimate of drug-likeness (QED) is 0.723. The average Bonchev–Trinajstić information content (AvgIpc) is 2.60. The van der Waals surface area contributed by atoms with E-state index >= 15 is 0 Å². The number of esters is 1. The fourth-order valence-electron chi connectivity index (χ4n) is 2.51. The Morgan fingerprint density at radius 1 is 1.12 bits per heavy atom. The summed E-state index contributed by atoms with van der Waals surface area (Å²) in [5.41, 5.74) is 2.73. The summed E-state index contributed by atoms with van der Waals surface area (Å²) >= 11 is 0. The summed E-state index contributed by atoms with van der Waals surface area (Å²) in [4.78, 5) is 16.4. The maximum atomic E-state index is 12.2. The predicted molar refractivity (Wildman–Crippen MR) is 93.1 cm³/mol. The van der Waals surface area contributed by atoms with Crippen molar-refractivity contribution in [2.24, 2.45) is 0 Å². The molecule has 1 N–H and O–H groups in total. The SMILES string of the molecule is CC(C)c1cccc(COC(=O)c2ccc3cccc(O)c3n2)c1. The number of hydrogen-bond donors (Lipinski definition) is 1. The van der Waals surface area contributed by atoms with Gasteiger partial charge in [0.15, 0.2) is 0 Å². The molecular formula is C20H19NO3. The molecule has 0 unspecified atom stereocenters. The Hall–Kier alpha value is -2.88. The normalized spacial score (nSPS) is 11.0. The Labute approximate surface area is 140 Å². The zero-order valence-corrected chi connectivity index (χ0v) is 13.7. The van der Waals surface area contributed by atoms with E-state index in [-0.39, 0.29) is 18.1 Å². The van der Waals surface area contributed by atoms with E-state index in [4.69, 9.17) is 4.74 Å². The maximum absolute atomic E-state index is 12.2. The van der Waals surface area contributed by atoms with Crippen molar-refractivity contribution in [1.29, 1.82) is 0 Å². The number of carbonyl (C=O) groups is 1. The van der Waals surface area contributed by atoms with Gasteiger partial charge in [-0.1, -0.05) is 56.3 Å². The van der Waals surface area contributed by atoms with Crippen LogP contribution in [0.25, 0.3) is 10.9 Å².